The molecule has 8 nitrogen and oxygen atoms in total. The summed E-state index contributed by atoms with van der Waals surface area (Å²) >= 11 is 0. The Morgan fingerprint density at radius 1 is 1.26 bits per heavy atom. The van der Waals surface area contributed by atoms with Gasteiger partial charge in [0.2, 0.25) is 0 Å². The van der Waals surface area contributed by atoms with Gasteiger partial charge >= 0.3 is 5.97 Å². The Morgan fingerprint density at radius 3 is 2.87 bits per heavy atom. The monoisotopic (exact) mass is 423 g/mol. The quantitative estimate of drug-likeness (QED) is 0.633. The smallest absolute Gasteiger partial charge is 0.336 e. The van der Waals surface area contributed by atoms with Crippen LogP contribution in [0.3, 0.4) is 0 Å². The molecule has 1 aliphatic rings. The Kier molecular flexibility index (Phi) is 5.90. The van der Waals surface area contributed by atoms with Gasteiger partial charge in [-0.2, -0.15) is 0 Å². The first-order valence-electron chi connectivity index (χ1n) is 10.2. The minimum atomic E-state index is -0.837. The van der Waals surface area contributed by atoms with Gasteiger partial charge in [-0.15, -0.1) is 0 Å². The molecule has 0 saturated carbocycles. The van der Waals surface area contributed by atoms with Gasteiger partial charge in [-0.3, -0.25) is 9.59 Å². The lowest BCUT2D eigenvalue weighted by Crippen LogP contribution is -2.50. The third-order valence-corrected chi connectivity index (χ3v) is 5.70. The molecule has 0 aliphatic carbocycles. The second kappa shape index (κ2) is 8.77. The van der Waals surface area contributed by atoms with Crippen LogP contribution in [0.1, 0.15) is 21.5 Å². The number of morpholine rings is 1. The van der Waals surface area contributed by atoms with E-state index in [1.165, 1.54) is 12.0 Å². The summed E-state index contributed by atoms with van der Waals surface area (Å²) in [5, 5.41) is 1.13. The second-order valence-corrected chi connectivity index (χ2v) is 7.62. The number of pyridine rings is 1. The standard InChI is InChI=1S/C23H25N3O5/c1-15-7-9-25(10-8-16-13-24-18-6-4-3-5-17(16)18)21(27)20(15)22(28)26-11-12-31-19(14-26)23(29)30-2/h3-7,9,13,19,24H,8,10-12,14H2,1-2H3. The van der Waals surface area contributed by atoms with Crippen molar-refractivity contribution in [2.75, 3.05) is 26.8 Å². The number of esters is 1. The molecule has 3 aromatic rings. The number of nitrogens with zero attached hydrogens (tertiary/aromatic N) is 2. The lowest BCUT2D eigenvalue weighted by Gasteiger charge is -2.31. The number of carbonyl (C=O) groups excluding carboxylic acids is 2. The Hall–Kier alpha value is -3.39. The number of hydrogen-bond acceptors (Lipinski definition) is 5. The number of hydrogen-bond donors (Lipinski definition) is 1. The summed E-state index contributed by atoms with van der Waals surface area (Å²) in [5.41, 5.74) is 2.58. The predicted molar refractivity (Wildman–Crippen MR) is 115 cm³/mol. The number of rotatable bonds is 5. The van der Waals surface area contributed by atoms with Crippen LogP contribution in [-0.4, -0.2) is 59.2 Å². The highest BCUT2D eigenvalue weighted by atomic mass is 16.6. The van der Waals surface area contributed by atoms with Gasteiger partial charge in [0.05, 0.1) is 20.3 Å². The van der Waals surface area contributed by atoms with Crippen LogP contribution in [-0.2, 0) is 27.2 Å². The van der Waals surface area contributed by atoms with E-state index >= 15 is 0 Å². The SMILES string of the molecule is COC(=O)C1CN(C(=O)c2c(C)ccn(CCc3c[nH]c4ccccc34)c2=O)CCO1. The summed E-state index contributed by atoms with van der Waals surface area (Å²) in [4.78, 5) is 42.8. The van der Waals surface area contributed by atoms with Crippen LogP contribution in [0.2, 0.25) is 0 Å². The molecule has 0 radical (unpaired) electrons. The van der Waals surface area contributed by atoms with E-state index in [1.807, 2.05) is 30.5 Å². The molecule has 31 heavy (non-hydrogen) atoms. The Morgan fingerprint density at radius 2 is 2.06 bits per heavy atom. The van der Waals surface area contributed by atoms with Gasteiger partial charge in [0.15, 0.2) is 6.10 Å². The minimum absolute atomic E-state index is 0.0641. The number of nitrogens with one attached hydrogen (secondary N) is 1. The fourth-order valence-electron chi connectivity index (χ4n) is 3.95. The number of aryl methyl sites for hydroxylation is 3. The number of amides is 1. The third kappa shape index (κ3) is 4.11. The summed E-state index contributed by atoms with van der Waals surface area (Å²) in [5.74, 6) is -0.917. The van der Waals surface area contributed by atoms with E-state index in [9.17, 15) is 14.4 Å². The average molecular weight is 423 g/mol. The van der Waals surface area contributed by atoms with Crippen molar-refractivity contribution < 1.29 is 19.1 Å². The Balaban J connectivity index is 1.55. The summed E-state index contributed by atoms with van der Waals surface area (Å²) in [7, 11) is 1.28. The minimum Gasteiger partial charge on any atom is -0.467 e. The maximum Gasteiger partial charge on any atom is 0.336 e. The van der Waals surface area contributed by atoms with Gasteiger partial charge in [0.1, 0.15) is 5.56 Å². The van der Waals surface area contributed by atoms with Crippen molar-refractivity contribution in [1.29, 1.82) is 0 Å². The highest BCUT2D eigenvalue weighted by Crippen LogP contribution is 2.18. The van der Waals surface area contributed by atoms with E-state index in [0.717, 1.165) is 16.5 Å². The van der Waals surface area contributed by atoms with E-state index < -0.39 is 12.1 Å². The molecule has 2 aromatic heterocycles. The molecule has 8 heteroatoms. The maximum absolute atomic E-state index is 13.2. The lowest BCUT2D eigenvalue weighted by molar-refractivity contribution is -0.158. The van der Waals surface area contributed by atoms with Crippen molar-refractivity contribution in [3.05, 3.63) is 69.8 Å². The zero-order valence-electron chi connectivity index (χ0n) is 17.6. The second-order valence-electron chi connectivity index (χ2n) is 7.62. The molecule has 4 rings (SSSR count). The van der Waals surface area contributed by atoms with Crippen LogP contribution in [0, 0.1) is 6.92 Å². The number of aromatic amines is 1. The van der Waals surface area contributed by atoms with Crippen LogP contribution in [0.25, 0.3) is 10.9 Å². The number of para-hydroxylation sites is 1. The fraction of sp³-hybridized carbons (Fsp3) is 0.348. The molecule has 162 valence electrons. The maximum atomic E-state index is 13.2. The predicted octanol–water partition coefficient (Wildman–Crippen LogP) is 1.89. The first-order chi connectivity index (χ1) is 15.0. The van der Waals surface area contributed by atoms with Crippen molar-refractivity contribution in [2.45, 2.75) is 26.0 Å². The summed E-state index contributed by atoms with van der Waals surface area (Å²) < 4.78 is 11.7. The molecule has 3 heterocycles. The van der Waals surface area contributed by atoms with Gasteiger partial charge in [-0.25, -0.2) is 4.79 Å². The molecule has 0 bridgehead atoms. The van der Waals surface area contributed by atoms with E-state index in [4.69, 9.17) is 9.47 Å². The normalized spacial score (nSPS) is 16.5. The molecule has 1 atom stereocenters. The van der Waals surface area contributed by atoms with E-state index in [1.54, 1.807) is 23.8 Å². The molecule has 1 aliphatic heterocycles. The van der Waals surface area contributed by atoms with Gasteiger partial charge < -0.3 is 23.9 Å². The number of carbonyl (C=O) groups is 2. The van der Waals surface area contributed by atoms with Crippen LogP contribution in [0.4, 0.5) is 0 Å². The largest absolute Gasteiger partial charge is 0.467 e. The molecule has 1 fully saturated rings. The topological polar surface area (TPSA) is 93.6 Å². The Labute approximate surface area is 179 Å². The summed E-state index contributed by atoms with van der Waals surface area (Å²) in [6, 6.07) is 9.80. The van der Waals surface area contributed by atoms with Crippen LogP contribution in [0.15, 0.2) is 47.5 Å². The number of H-pyrrole nitrogens is 1. The zero-order chi connectivity index (χ0) is 22.0. The molecule has 1 saturated heterocycles. The van der Waals surface area contributed by atoms with E-state index in [-0.39, 0.29) is 30.2 Å². The van der Waals surface area contributed by atoms with Gasteiger partial charge in [0.25, 0.3) is 11.5 Å². The highest BCUT2D eigenvalue weighted by molar-refractivity contribution is 5.95. The summed E-state index contributed by atoms with van der Waals surface area (Å²) in [6.07, 6.45) is 3.50. The molecule has 1 amide bonds. The molecule has 1 N–H and O–H groups in total. The van der Waals surface area contributed by atoms with Crippen LogP contribution in [0.5, 0.6) is 0 Å². The summed E-state index contributed by atoms with van der Waals surface area (Å²) in [6.45, 7) is 2.79. The molecule has 1 aromatic carbocycles. The van der Waals surface area contributed by atoms with E-state index in [2.05, 4.69) is 4.98 Å². The zero-order valence-corrected chi connectivity index (χ0v) is 17.6. The van der Waals surface area contributed by atoms with Gasteiger partial charge in [-0.05, 0) is 36.6 Å². The number of aromatic nitrogens is 2. The Bertz CT molecular complexity index is 1180. The van der Waals surface area contributed by atoms with Crippen LogP contribution < -0.4 is 5.56 Å². The van der Waals surface area contributed by atoms with E-state index in [0.29, 0.717) is 25.1 Å². The average Bonchev–Trinajstić information content (AvgIpc) is 3.21. The number of methoxy groups -OCH3 is 1. The molecular formula is C23H25N3O5. The van der Waals surface area contributed by atoms with Crippen molar-refractivity contribution >= 4 is 22.8 Å². The fourth-order valence-corrected chi connectivity index (χ4v) is 3.95. The first-order valence-corrected chi connectivity index (χ1v) is 10.2. The first kappa shape index (κ1) is 20.9. The van der Waals surface area contributed by atoms with Gasteiger partial charge in [-0.1, -0.05) is 18.2 Å². The number of benzene rings is 1. The highest BCUT2D eigenvalue weighted by Gasteiger charge is 2.32. The van der Waals surface area contributed by atoms with Crippen molar-refractivity contribution in [1.82, 2.24) is 14.5 Å². The van der Waals surface area contributed by atoms with Crippen LogP contribution >= 0.6 is 0 Å². The van der Waals surface area contributed by atoms with Gasteiger partial charge in [0, 0.05) is 36.4 Å². The van der Waals surface area contributed by atoms with Crippen molar-refractivity contribution in [2.24, 2.45) is 0 Å². The third-order valence-electron chi connectivity index (χ3n) is 5.70. The molecule has 0 spiro atoms. The number of ether oxygens (including phenoxy) is 2. The van der Waals surface area contributed by atoms with Crippen molar-refractivity contribution in [3.8, 4) is 0 Å². The van der Waals surface area contributed by atoms with Crippen molar-refractivity contribution in [3.63, 3.8) is 0 Å². The number of fused-ring (bicyclic) bond motifs is 1. The molecule has 1 unspecified atom stereocenters. The lowest BCUT2D eigenvalue weighted by atomic mass is 10.1. The molecular weight excluding hydrogens is 398 g/mol.